The summed E-state index contributed by atoms with van der Waals surface area (Å²) >= 11 is 0. The number of carbonyl (C=O) groups is 1. The number of hydrogen-bond acceptors (Lipinski definition) is 7. The number of nitrogens with zero attached hydrogens (tertiary/aromatic N) is 3. The average Bonchev–Trinajstić information content (AvgIpc) is 3.34. The van der Waals surface area contributed by atoms with Gasteiger partial charge in [0.2, 0.25) is 0 Å². The van der Waals surface area contributed by atoms with E-state index in [4.69, 9.17) is 9.16 Å². The minimum Gasteiger partial charge on any atom is -0.410 e. The molecule has 9 nitrogen and oxygen atoms in total. The summed E-state index contributed by atoms with van der Waals surface area (Å²) in [6, 6.07) is 12.5. The molecule has 1 aliphatic rings. The Balaban J connectivity index is 1.71. The Morgan fingerprint density at radius 1 is 1.23 bits per heavy atom. The van der Waals surface area contributed by atoms with E-state index in [1.807, 2.05) is 19.1 Å². The van der Waals surface area contributed by atoms with Crippen molar-refractivity contribution in [3.63, 3.8) is 0 Å². The Kier molecular flexibility index (Phi) is 6.62. The molecule has 0 aliphatic carbocycles. The maximum atomic E-state index is 12.7. The van der Waals surface area contributed by atoms with Gasteiger partial charge >= 0.3 is 0 Å². The van der Waals surface area contributed by atoms with Crippen molar-refractivity contribution < 1.29 is 24.2 Å². The third-order valence-corrected chi connectivity index (χ3v) is 11.8. The lowest BCUT2D eigenvalue weighted by atomic mass is 9.95. The number of amides is 1. The first-order valence-electron chi connectivity index (χ1n) is 11.8. The fourth-order valence-electron chi connectivity index (χ4n) is 4.04. The van der Waals surface area contributed by atoms with Crippen molar-refractivity contribution in [2.24, 2.45) is 5.92 Å². The highest BCUT2D eigenvalue weighted by molar-refractivity contribution is 6.74. The van der Waals surface area contributed by atoms with Crippen molar-refractivity contribution in [3.8, 4) is 0 Å². The molecule has 1 fully saturated rings. The molecule has 35 heavy (non-hydrogen) atoms. The van der Waals surface area contributed by atoms with E-state index in [-0.39, 0.29) is 10.9 Å². The summed E-state index contributed by atoms with van der Waals surface area (Å²) in [6.45, 7) is 12.0. The number of aromatic nitrogens is 3. The van der Waals surface area contributed by atoms with Crippen LogP contribution in [0.15, 0.2) is 48.8 Å². The highest BCUT2D eigenvalue weighted by atomic mass is 28.4. The molecule has 3 aromatic rings. The van der Waals surface area contributed by atoms with Gasteiger partial charge in [0.1, 0.15) is 17.9 Å². The van der Waals surface area contributed by atoms with Gasteiger partial charge in [-0.25, -0.2) is 9.50 Å². The van der Waals surface area contributed by atoms with Crippen LogP contribution in [0.3, 0.4) is 0 Å². The quantitative estimate of drug-likeness (QED) is 0.443. The van der Waals surface area contributed by atoms with Gasteiger partial charge in [0.05, 0.1) is 18.4 Å². The van der Waals surface area contributed by atoms with Gasteiger partial charge in [-0.2, -0.15) is 5.10 Å². The fraction of sp³-hybridized carbons (Fsp3) is 0.480. The molecule has 2 aromatic heterocycles. The van der Waals surface area contributed by atoms with Gasteiger partial charge in [-0.1, -0.05) is 45.9 Å². The molecule has 3 N–H and O–H groups in total. The number of nitrogens with one attached hydrogen (secondary N) is 1. The van der Waals surface area contributed by atoms with Crippen molar-refractivity contribution in [2.75, 3.05) is 11.9 Å². The number of rotatable bonds is 6. The lowest BCUT2D eigenvalue weighted by Crippen LogP contribution is -2.48. The first-order valence-corrected chi connectivity index (χ1v) is 14.7. The standard InChI is InChI=1S/C25H34N4O5Si/c1-16-20(34-35(5,6)24(2,3)4)21(33-25(16,32)14-30)18-12-13-19-22(26-15-27-29(18)19)28-23(31)17-10-8-7-9-11-17/h7-13,15-16,20-21,30,32H,14H2,1-6H3,(H,26,27,28,31)/t16-,20+,21-,25+/m0/s1. The summed E-state index contributed by atoms with van der Waals surface area (Å²) in [6.07, 6.45) is 0.159. The van der Waals surface area contributed by atoms with Gasteiger partial charge < -0.3 is 24.7 Å². The van der Waals surface area contributed by atoms with E-state index >= 15 is 0 Å². The van der Waals surface area contributed by atoms with Crippen LogP contribution in [0.2, 0.25) is 18.1 Å². The predicted molar refractivity (Wildman–Crippen MR) is 134 cm³/mol. The Labute approximate surface area is 206 Å². The van der Waals surface area contributed by atoms with Crippen LogP contribution in [0.4, 0.5) is 5.82 Å². The highest BCUT2D eigenvalue weighted by Gasteiger charge is 2.56. The Morgan fingerprint density at radius 3 is 2.54 bits per heavy atom. The average molecular weight is 499 g/mol. The van der Waals surface area contributed by atoms with E-state index in [2.05, 4.69) is 49.3 Å². The summed E-state index contributed by atoms with van der Waals surface area (Å²) in [7, 11) is -2.25. The van der Waals surface area contributed by atoms with Gasteiger partial charge in [0.15, 0.2) is 19.9 Å². The molecule has 1 aromatic carbocycles. The van der Waals surface area contributed by atoms with Crippen molar-refractivity contribution in [2.45, 2.75) is 63.8 Å². The van der Waals surface area contributed by atoms with Crippen LogP contribution in [0.1, 0.15) is 49.9 Å². The molecule has 0 saturated carbocycles. The molecule has 1 amide bonds. The number of fused-ring (bicyclic) bond motifs is 1. The molecular formula is C25H34N4O5Si. The van der Waals surface area contributed by atoms with Gasteiger partial charge in [-0.15, -0.1) is 0 Å². The maximum absolute atomic E-state index is 12.7. The monoisotopic (exact) mass is 498 g/mol. The van der Waals surface area contributed by atoms with Crippen molar-refractivity contribution in [3.05, 3.63) is 60.0 Å². The summed E-state index contributed by atoms with van der Waals surface area (Å²) in [5.74, 6) is -2.17. The molecule has 3 heterocycles. The van der Waals surface area contributed by atoms with Gasteiger partial charge in [0.25, 0.3) is 5.91 Å². The number of anilines is 1. The van der Waals surface area contributed by atoms with E-state index in [9.17, 15) is 15.0 Å². The largest absolute Gasteiger partial charge is 0.410 e. The number of carbonyl (C=O) groups excluding carboxylic acids is 1. The lowest BCUT2D eigenvalue weighted by Gasteiger charge is -2.40. The minimum absolute atomic E-state index is 0.0600. The SMILES string of the molecule is C[C@H]1[C@@H](O[Si](C)(C)C(C)(C)C)[C@H](c2ccc3c(NC(=O)c4ccccc4)ncnn23)O[C@]1(O)CO. The first-order chi connectivity index (χ1) is 16.4. The lowest BCUT2D eigenvalue weighted by molar-refractivity contribution is -0.231. The zero-order valence-corrected chi connectivity index (χ0v) is 22.0. The van der Waals surface area contributed by atoms with Crippen LogP contribution in [0.25, 0.3) is 5.52 Å². The minimum atomic E-state index is -2.25. The van der Waals surface area contributed by atoms with Gasteiger partial charge in [0, 0.05) is 11.5 Å². The summed E-state index contributed by atoms with van der Waals surface area (Å²) < 4.78 is 14.4. The Morgan fingerprint density at radius 2 is 1.91 bits per heavy atom. The van der Waals surface area contributed by atoms with E-state index < -0.39 is 38.8 Å². The fourth-order valence-corrected chi connectivity index (χ4v) is 5.40. The molecule has 0 spiro atoms. The number of benzene rings is 1. The number of hydrogen-bond donors (Lipinski definition) is 3. The molecule has 0 radical (unpaired) electrons. The molecule has 4 rings (SSSR count). The zero-order chi connectivity index (χ0) is 25.6. The molecular weight excluding hydrogens is 464 g/mol. The van der Waals surface area contributed by atoms with Crippen LogP contribution in [0, 0.1) is 5.92 Å². The molecule has 188 valence electrons. The summed E-state index contributed by atoms with van der Waals surface area (Å²) in [5.41, 5.74) is 1.73. The molecule has 1 aliphatic heterocycles. The summed E-state index contributed by atoms with van der Waals surface area (Å²) in [4.78, 5) is 17.0. The number of aliphatic hydroxyl groups excluding tert-OH is 1. The van der Waals surface area contributed by atoms with E-state index in [0.717, 1.165) is 0 Å². The predicted octanol–water partition coefficient (Wildman–Crippen LogP) is 3.76. The van der Waals surface area contributed by atoms with E-state index in [1.165, 1.54) is 6.33 Å². The van der Waals surface area contributed by atoms with Crippen molar-refractivity contribution in [1.82, 2.24) is 14.6 Å². The Bertz CT molecular complexity index is 1210. The maximum Gasteiger partial charge on any atom is 0.256 e. The van der Waals surface area contributed by atoms with Crippen LogP contribution < -0.4 is 5.32 Å². The summed E-state index contributed by atoms with van der Waals surface area (Å²) in [5, 5.41) is 28.2. The molecule has 0 unspecified atom stereocenters. The van der Waals surface area contributed by atoms with E-state index in [1.54, 1.807) is 34.8 Å². The van der Waals surface area contributed by atoms with E-state index in [0.29, 0.717) is 22.6 Å². The molecule has 10 heteroatoms. The van der Waals surface area contributed by atoms with Crippen LogP contribution >= 0.6 is 0 Å². The molecule has 4 atom stereocenters. The third-order valence-electron chi connectivity index (χ3n) is 7.34. The second-order valence-corrected chi connectivity index (χ2v) is 15.4. The normalized spacial score (nSPS) is 25.2. The topological polar surface area (TPSA) is 118 Å². The number of ether oxygens (including phenoxy) is 1. The second kappa shape index (κ2) is 9.10. The third kappa shape index (κ3) is 4.64. The zero-order valence-electron chi connectivity index (χ0n) is 21.0. The van der Waals surface area contributed by atoms with Crippen LogP contribution in [-0.2, 0) is 9.16 Å². The van der Waals surface area contributed by atoms with Crippen molar-refractivity contribution >= 4 is 25.6 Å². The molecule has 1 saturated heterocycles. The van der Waals surface area contributed by atoms with Gasteiger partial charge in [-0.3, -0.25) is 4.79 Å². The first kappa shape index (κ1) is 25.5. The van der Waals surface area contributed by atoms with Gasteiger partial charge in [-0.05, 0) is 42.4 Å². The Hall–Kier alpha value is -2.63. The van der Waals surface area contributed by atoms with Crippen molar-refractivity contribution in [1.29, 1.82) is 0 Å². The van der Waals surface area contributed by atoms with Crippen LogP contribution in [-0.4, -0.2) is 57.5 Å². The number of aliphatic hydroxyl groups is 2. The second-order valence-electron chi connectivity index (χ2n) is 10.7. The molecule has 0 bridgehead atoms. The smallest absolute Gasteiger partial charge is 0.256 e. The highest BCUT2D eigenvalue weighted by Crippen LogP contribution is 2.48. The van der Waals surface area contributed by atoms with Crippen LogP contribution in [0.5, 0.6) is 0 Å².